The van der Waals surface area contributed by atoms with Gasteiger partial charge in [-0.3, -0.25) is 4.98 Å². The van der Waals surface area contributed by atoms with E-state index in [9.17, 15) is 0 Å². The van der Waals surface area contributed by atoms with Crippen LogP contribution in [0, 0.1) is 18.8 Å². The molecule has 0 bridgehead atoms. The molecule has 1 aromatic heterocycles. The largest absolute Gasteiger partial charge is 0.313 e. The van der Waals surface area contributed by atoms with Crippen LogP contribution >= 0.6 is 0 Å². The van der Waals surface area contributed by atoms with E-state index in [-0.39, 0.29) is 0 Å². The Balaban J connectivity index is 1.99. The van der Waals surface area contributed by atoms with Crippen LogP contribution in [0.1, 0.15) is 37.9 Å². The maximum atomic E-state index is 4.52. The molecule has 0 spiro atoms. The number of hydrogen-bond acceptors (Lipinski definition) is 2. The molecule has 1 saturated carbocycles. The van der Waals surface area contributed by atoms with Crippen LogP contribution < -0.4 is 5.32 Å². The van der Waals surface area contributed by atoms with Gasteiger partial charge in [0.25, 0.3) is 0 Å². The van der Waals surface area contributed by atoms with Crippen LogP contribution in [0.15, 0.2) is 18.3 Å². The van der Waals surface area contributed by atoms with Crippen molar-refractivity contribution in [2.24, 2.45) is 11.8 Å². The Bertz CT molecular complexity index is 362. The molecule has 94 valence electrons. The minimum Gasteiger partial charge on any atom is -0.313 e. The summed E-state index contributed by atoms with van der Waals surface area (Å²) < 4.78 is 0. The molecule has 1 N–H and O–H groups in total. The van der Waals surface area contributed by atoms with Gasteiger partial charge in [-0.05, 0) is 49.8 Å². The quantitative estimate of drug-likeness (QED) is 0.815. The summed E-state index contributed by atoms with van der Waals surface area (Å²) in [5.74, 6) is 1.76. The van der Waals surface area contributed by atoms with Gasteiger partial charge < -0.3 is 5.32 Å². The van der Waals surface area contributed by atoms with Crippen molar-refractivity contribution in [3.63, 3.8) is 0 Å². The summed E-state index contributed by atoms with van der Waals surface area (Å²) in [4.78, 5) is 4.52. The second kappa shape index (κ2) is 5.63. The summed E-state index contributed by atoms with van der Waals surface area (Å²) in [6, 6.07) is 4.81. The molecule has 3 unspecified atom stereocenters. The fourth-order valence-electron chi connectivity index (χ4n) is 2.56. The summed E-state index contributed by atoms with van der Waals surface area (Å²) in [5, 5.41) is 3.70. The number of aryl methyl sites for hydroxylation is 1. The normalized spacial score (nSPS) is 24.6. The standard InChI is InChI=1S/C15H24N2/c1-4-7-16-15(13-9-12(13)3)10-14-11(2)6-5-8-17-14/h5-6,8,12-13,15-16H,4,7,9-10H2,1-3H3. The van der Waals surface area contributed by atoms with Crippen LogP contribution in [0.4, 0.5) is 0 Å². The van der Waals surface area contributed by atoms with Gasteiger partial charge in [0, 0.05) is 24.4 Å². The molecule has 3 atom stereocenters. The molecular weight excluding hydrogens is 208 g/mol. The number of nitrogens with zero attached hydrogens (tertiary/aromatic N) is 1. The molecule has 1 heterocycles. The van der Waals surface area contributed by atoms with Crippen LogP contribution in [0.3, 0.4) is 0 Å². The Labute approximate surface area is 105 Å². The first-order valence-electron chi connectivity index (χ1n) is 6.86. The predicted octanol–water partition coefficient (Wildman–Crippen LogP) is 2.96. The predicted molar refractivity (Wildman–Crippen MR) is 72.0 cm³/mol. The molecular formula is C15H24N2. The Hall–Kier alpha value is -0.890. The van der Waals surface area contributed by atoms with E-state index in [1.165, 1.54) is 24.1 Å². The van der Waals surface area contributed by atoms with Crippen molar-refractivity contribution in [3.8, 4) is 0 Å². The number of hydrogen-bond donors (Lipinski definition) is 1. The third-order valence-electron chi connectivity index (χ3n) is 3.88. The van der Waals surface area contributed by atoms with E-state index >= 15 is 0 Å². The first-order chi connectivity index (χ1) is 8.22. The zero-order chi connectivity index (χ0) is 12.3. The van der Waals surface area contributed by atoms with E-state index in [2.05, 4.69) is 37.1 Å². The summed E-state index contributed by atoms with van der Waals surface area (Å²) in [6.45, 7) is 7.87. The maximum absolute atomic E-state index is 4.52. The van der Waals surface area contributed by atoms with Crippen molar-refractivity contribution in [2.45, 2.75) is 46.1 Å². The highest BCUT2D eigenvalue weighted by molar-refractivity contribution is 5.19. The summed E-state index contributed by atoms with van der Waals surface area (Å²) >= 11 is 0. The number of aromatic nitrogens is 1. The van der Waals surface area contributed by atoms with Gasteiger partial charge in [0.1, 0.15) is 0 Å². The molecule has 0 aliphatic heterocycles. The van der Waals surface area contributed by atoms with Crippen LogP contribution in [0.2, 0.25) is 0 Å². The zero-order valence-electron chi connectivity index (χ0n) is 11.2. The zero-order valence-corrected chi connectivity index (χ0v) is 11.2. The molecule has 17 heavy (non-hydrogen) atoms. The third-order valence-corrected chi connectivity index (χ3v) is 3.88. The van der Waals surface area contributed by atoms with E-state index in [1.54, 1.807) is 0 Å². The fourth-order valence-corrected chi connectivity index (χ4v) is 2.56. The third kappa shape index (κ3) is 3.29. The molecule has 0 saturated heterocycles. The van der Waals surface area contributed by atoms with Gasteiger partial charge >= 0.3 is 0 Å². The second-order valence-corrected chi connectivity index (χ2v) is 5.41. The lowest BCUT2D eigenvalue weighted by molar-refractivity contribution is 0.439. The number of pyridine rings is 1. The van der Waals surface area contributed by atoms with Crippen LogP contribution in [0.25, 0.3) is 0 Å². The van der Waals surface area contributed by atoms with Gasteiger partial charge in [0.2, 0.25) is 0 Å². The molecule has 1 fully saturated rings. The number of nitrogens with one attached hydrogen (secondary N) is 1. The molecule has 2 heteroatoms. The average Bonchev–Trinajstić information content (AvgIpc) is 3.04. The van der Waals surface area contributed by atoms with E-state index in [1.807, 2.05) is 12.3 Å². The summed E-state index contributed by atoms with van der Waals surface area (Å²) in [5.41, 5.74) is 2.59. The van der Waals surface area contributed by atoms with Crippen LogP contribution in [0.5, 0.6) is 0 Å². The van der Waals surface area contributed by atoms with Gasteiger partial charge in [-0.1, -0.05) is 19.9 Å². The Morgan fingerprint density at radius 1 is 1.53 bits per heavy atom. The lowest BCUT2D eigenvalue weighted by Crippen LogP contribution is -2.34. The molecule has 0 radical (unpaired) electrons. The Morgan fingerprint density at radius 2 is 2.29 bits per heavy atom. The van der Waals surface area contributed by atoms with Crippen molar-refractivity contribution >= 4 is 0 Å². The molecule has 1 aliphatic rings. The van der Waals surface area contributed by atoms with Crippen molar-refractivity contribution in [1.82, 2.24) is 10.3 Å². The van der Waals surface area contributed by atoms with E-state index in [0.717, 1.165) is 24.8 Å². The van der Waals surface area contributed by atoms with Crippen molar-refractivity contribution < 1.29 is 0 Å². The SMILES string of the molecule is CCCNC(Cc1ncccc1C)C1CC1C. The fraction of sp³-hybridized carbons (Fsp3) is 0.667. The minimum atomic E-state index is 0.624. The smallest absolute Gasteiger partial charge is 0.0448 e. The highest BCUT2D eigenvalue weighted by Gasteiger charge is 2.39. The van der Waals surface area contributed by atoms with E-state index < -0.39 is 0 Å². The summed E-state index contributed by atoms with van der Waals surface area (Å²) in [6.07, 6.45) is 5.59. The molecule has 0 amide bonds. The maximum Gasteiger partial charge on any atom is 0.0448 e. The van der Waals surface area contributed by atoms with Gasteiger partial charge in [0.05, 0.1) is 0 Å². The molecule has 1 aromatic rings. The van der Waals surface area contributed by atoms with Crippen LogP contribution in [-0.4, -0.2) is 17.6 Å². The summed E-state index contributed by atoms with van der Waals surface area (Å²) in [7, 11) is 0. The monoisotopic (exact) mass is 232 g/mol. The van der Waals surface area contributed by atoms with Crippen molar-refractivity contribution in [1.29, 1.82) is 0 Å². The highest BCUT2D eigenvalue weighted by Crippen LogP contribution is 2.41. The lowest BCUT2D eigenvalue weighted by atomic mass is 10.0. The van der Waals surface area contributed by atoms with Crippen molar-refractivity contribution in [3.05, 3.63) is 29.6 Å². The van der Waals surface area contributed by atoms with Gasteiger partial charge in [-0.25, -0.2) is 0 Å². The average molecular weight is 232 g/mol. The first kappa shape index (κ1) is 12.6. The Morgan fingerprint density at radius 3 is 2.88 bits per heavy atom. The highest BCUT2D eigenvalue weighted by atomic mass is 14.9. The second-order valence-electron chi connectivity index (χ2n) is 5.41. The molecule has 0 aromatic carbocycles. The first-order valence-corrected chi connectivity index (χ1v) is 6.86. The number of rotatable bonds is 6. The van der Waals surface area contributed by atoms with Gasteiger partial charge in [-0.2, -0.15) is 0 Å². The molecule has 1 aliphatic carbocycles. The van der Waals surface area contributed by atoms with Crippen molar-refractivity contribution in [2.75, 3.05) is 6.54 Å². The lowest BCUT2D eigenvalue weighted by Gasteiger charge is -2.19. The van der Waals surface area contributed by atoms with Gasteiger partial charge in [0.15, 0.2) is 0 Å². The van der Waals surface area contributed by atoms with Crippen LogP contribution in [-0.2, 0) is 6.42 Å². The van der Waals surface area contributed by atoms with Gasteiger partial charge in [-0.15, -0.1) is 0 Å². The molecule has 2 rings (SSSR count). The van der Waals surface area contributed by atoms with E-state index in [4.69, 9.17) is 0 Å². The Kier molecular flexibility index (Phi) is 4.16. The topological polar surface area (TPSA) is 24.9 Å². The minimum absolute atomic E-state index is 0.624. The molecule has 2 nitrogen and oxygen atoms in total. The van der Waals surface area contributed by atoms with E-state index in [0.29, 0.717) is 6.04 Å².